The average molecular weight is 275 g/mol. The molecule has 0 aromatic carbocycles. The van der Waals surface area contributed by atoms with Gasteiger partial charge in [0.1, 0.15) is 16.5 Å². The zero-order valence-corrected chi connectivity index (χ0v) is 11.6. The van der Waals surface area contributed by atoms with Gasteiger partial charge in [-0.15, -0.1) is 11.8 Å². The fourth-order valence-electron chi connectivity index (χ4n) is 1.29. The van der Waals surface area contributed by atoms with E-state index in [2.05, 4.69) is 14.7 Å². The lowest BCUT2D eigenvalue weighted by atomic mass is 10.1. The Morgan fingerprint density at radius 1 is 1.53 bits per heavy atom. The third-order valence-corrected chi connectivity index (χ3v) is 3.46. The van der Waals surface area contributed by atoms with Crippen LogP contribution < -0.4 is 0 Å². The van der Waals surface area contributed by atoms with Gasteiger partial charge in [0, 0.05) is 11.3 Å². The molecule has 0 N–H and O–H groups in total. The fourth-order valence-corrected chi connectivity index (χ4v) is 2.77. The Morgan fingerprint density at radius 2 is 2.24 bits per heavy atom. The predicted octanol–water partition coefficient (Wildman–Crippen LogP) is 2.91. The molecule has 4 nitrogen and oxygen atoms in total. The highest BCUT2D eigenvalue weighted by Gasteiger charge is 2.14. The number of hydrogen-bond donors (Lipinski definition) is 0. The number of ether oxygens (including phenoxy) is 1. The first-order valence-electron chi connectivity index (χ1n) is 5.26. The van der Waals surface area contributed by atoms with Gasteiger partial charge in [-0.05, 0) is 5.92 Å². The fraction of sp³-hybridized carbons (Fsp3) is 0.545. The summed E-state index contributed by atoms with van der Waals surface area (Å²) >= 11 is 7.53. The van der Waals surface area contributed by atoms with Crippen LogP contribution in [0.1, 0.15) is 31.7 Å². The summed E-state index contributed by atoms with van der Waals surface area (Å²) < 4.78 is 4.58. The molecule has 0 saturated carbocycles. The van der Waals surface area contributed by atoms with Crippen molar-refractivity contribution in [3.8, 4) is 0 Å². The summed E-state index contributed by atoms with van der Waals surface area (Å²) in [6.07, 6.45) is 1.80. The van der Waals surface area contributed by atoms with Gasteiger partial charge in [-0.3, -0.25) is 4.79 Å². The minimum absolute atomic E-state index is 0.219. The highest BCUT2D eigenvalue weighted by atomic mass is 35.5. The number of esters is 1. The summed E-state index contributed by atoms with van der Waals surface area (Å²) in [6, 6.07) is 0. The van der Waals surface area contributed by atoms with Gasteiger partial charge in [0.05, 0.1) is 13.5 Å². The SMILES string of the molecule is COC(=O)CCSc1ncnc(Cl)c1C(C)C. The van der Waals surface area contributed by atoms with E-state index in [0.29, 0.717) is 17.3 Å². The van der Waals surface area contributed by atoms with Crippen molar-refractivity contribution in [3.63, 3.8) is 0 Å². The zero-order valence-electron chi connectivity index (χ0n) is 10.1. The first-order valence-corrected chi connectivity index (χ1v) is 6.62. The maximum absolute atomic E-state index is 11.0. The van der Waals surface area contributed by atoms with Crippen LogP contribution in [0.2, 0.25) is 5.15 Å². The molecule has 94 valence electrons. The highest BCUT2D eigenvalue weighted by Crippen LogP contribution is 2.31. The number of hydrogen-bond acceptors (Lipinski definition) is 5. The average Bonchev–Trinajstić information content (AvgIpc) is 2.28. The molecule has 1 rings (SSSR count). The lowest BCUT2D eigenvalue weighted by Gasteiger charge is -2.11. The molecule has 0 radical (unpaired) electrons. The van der Waals surface area contributed by atoms with Crippen molar-refractivity contribution in [1.29, 1.82) is 0 Å². The third kappa shape index (κ3) is 4.16. The molecule has 0 spiro atoms. The number of rotatable bonds is 5. The highest BCUT2D eigenvalue weighted by molar-refractivity contribution is 7.99. The van der Waals surface area contributed by atoms with Crippen LogP contribution in [0.15, 0.2) is 11.4 Å². The molecule has 0 atom stereocenters. The van der Waals surface area contributed by atoms with E-state index >= 15 is 0 Å². The van der Waals surface area contributed by atoms with E-state index in [9.17, 15) is 4.79 Å². The van der Waals surface area contributed by atoms with Crippen molar-refractivity contribution in [3.05, 3.63) is 17.0 Å². The lowest BCUT2D eigenvalue weighted by molar-refractivity contribution is -0.140. The number of halogens is 1. The maximum atomic E-state index is 11.0. The van der Waals surface area contributed by atoms with Crippen molar-refractivity contribution >= 4 is 29.3 Å². The number of nitrogens with zero attached hydrogens (tertiary/aromatic N) is 2. The first kappa shape index (κ1) is 14.3. The smallest absolute Gasteiger partial charge is 0.306 e. The Bertz CT molecular complexity index is 399. The van der Waals surface area contributed by atoms with E-state index in [1.54, 1.807) is 0 Å². The van der Waals surface area contributed by atoms with Crippen molar-refractivity contribution in [2.24, 2.45) is 0 Å². The molecule has 17 heavy (non-hydrogen) atoms. The van der Waals surface area contributed by atoms with Gasteiger partial charge in [-0.2, -0.15) is 0 Å². The summed E-state index contributed by atoms with van der Waals surface area (Å²) in [4.78, 5) is 19.2. The van der Waals surface area contributed by atoms with Gasteiger partial charge < -0.3 is 4.74 Å². The Hall–Kier alpha value is -0.810. The van der Waals surface area contributed by atoms with Crippen molar-refractivity contribution < 1.29 is 9.53 Å². The molecule has 1 aromatic rings. The van der Waals surface area contributed by atoms with Crippen LogP contribution >= 0.6 is 23.4 Å². The summed E-state index contributed by atoms with van der Waals surface area (Å²) in [5.41, 5.74) is 0.934. The van der Waals surface area contributed by atoms with Gasteiger partial charge in [0.2, 0.25) is 0 Å². The summed E-state index contributed by atoms with van der Waals surface area (Å²) in [6.45, 7) is 4.07. The van der Waals surface area contributed by atoms with Crippen LogP contribution in [-0.2, 0) is 9.53 Å². The molecule has 0 unspecified atom stereocenters. The van der Waals surface area contributed by atoms with Crippen molar-refractivity contribution in [2.75, 3.05) is 12.9 Å². The zero-order chi connectivity index (χ0) is 12.8. The predicted molar refractivity (Wildman–Crippen MR) is 68.5 cm³/mol. The van der Waals surface area contributed by atoms with Crippen LogP contribution in [0.4, 0.5) is 0 Å². The van der Waals surface area contributed by atoms with Crippen molar-refractivity contribution in [1.82, 2.24) is 9.97 Å². The standard InChI is InChI=1S/C11H15ClN2O2S/c1-7(2)9-10(12)13-6-14-11(9)17-5-4-8(15)16-3/h6-7H,4-5H2,1-3H3. The molecule has 0 fully saturated rings. The van der Waals surface area contributed by atoms with E-state index < -0.39 is 0 Å². The van der Waals surface area contributed by atoms with Crippen LogP contribution in [0.5, 0.6) is 0 Å². The molecular weight excluding hydrogens is 260 g/mol. The van der Waals surface area contributed by atoms with Gasteiger partial charge >= 0.3 is 5.97 Å². The topological polar surface area (TPSA) is 52.1 Å². The Labute approximate surface area is 110 Å². The molecule has 6 heteroatoms. The molecule has 0 saturated heterocycles. The minimum Gasteiger partial charge on any atom is -0.469 e. The van der Waals surface area contributed by atoms with Crippen LogP contribution in [0.3, 0.4) is 0 Å². The third-order valence-electron chi connectivity index (χ3n) is 2.15. The van der Waals surface area contributed by atoms with Gasteiger partial charge in [0.25, 0.3) is 0 Å². The molecule has 0 aliphatic carbocycles. The minimum atomic E-state index is -0.219. The lowest BCUT2D eigenvalue weighted by Crippen LogP contribution is -2.03. The second kappa shape index (κ2) is 6.81. The molecule has 1 aromatic heterocycles. The van der Waals surface area contributed by atoms with E-state index in [1.165, 1.54) is 25.2 Å². The maximum Gasteiger partial charge on any atom is 0.306 e. The summed E-state index contributed by atoms with van der Waals surface area (Å²) in [5, 5.41) is 1.32. The molecule has 0 aliphatic rings. The van der Waals surface area contributed by atoms with Crippen molar-refractivity contribution in [2.45, 2.75) is 31.2 Å². The molecule has 0 aliphatic heterocycles. The van der Waals surface area contributed by atoms with Gasteiger partial charge in [-0.25, -0.2) is 9.97 Å². The van der Waals surface area contributed by atoms with E-state index in [-0.39, 0.29) is 11.9 Å². The number of aromatic nitrogens is 2. The number of thioether (sulfide) groups is 1. The summed E-state index contributed by atoms with van der Waals surface area (Å²) in [7, 11) is 1.38. The van der Waals surface area contributed by atoms with E-state index in [4.69, 9.17) is 11.6 Å². The van der Waals surface area contributed by atoms with E-state index in [1.807, 2.05) is 13.8 Å². The quantitative estimate of drug-likeness (QED) is 0.469. The molecule has 1 heterocycles. The van der Waals surface area contributed by atoms with Gasteiger partial charge in [0.15, 0.2) is 0 Å². The molecule has 0 amide bonds. The summed E-state index contributed by atoms with van der Waals surface area (Å²) in [5.74, 6) is 0.660. The monoisotopic (exact) mass is 274 g/mol. The van der Waals surface area contributed by atoms with E-state index in [0.717, 1.165) is 10.6 Å². The van der Waals surface area contributed by atoms with Crippen LogP contribution in [-0.4, -0.2) is 28.8 Å². The number of carbonyl (C=O) groups is 1. The first-order chi connectivity index (χ1) is 8.06. The Morgan fingerprint density at radius 3 is 2.82 bits per heavy atom. The largest absolute Gasteiger partial charge is 0.469 e. The number of carbonyl (C=O) groups excluding carboxylic acids is 1. The normalized spacial score (nSPS) is 10.6. The molecular formula is C11H15ClN2O2S. The Kier molecular flexibility index (Phi) is 5.71. The molecule has 0 bridgehead atoms. The van der Waals surface area contributed by atoms with Crippen LogP contribution in [0, 0.1) is 0 Å². The van der Waals surface area contributed by atoms with Gasteiger partial charge in [-0.1, -0.05) is 25.4 Å². The second-order valence-corrected chi connectivity index (χ2v) is 5.15. The second-order valence-electron chi connectivity index (χ2n) is 3.71. The van der Waals surface area contributed by atoms with Crippen LogP contribution in [0.25, 0.3) is 0 Å². The Balaban J connectivity index is 2.70. The number of methoxy groups -OCH3 is 1.